The lowest BCUT2D eigenvalue weighted by Crippen LogP contribution is -2.49. The molecule has 0 spiro atoms. The molecule has 0 fully saturated rings. The maximum atomic E-state index is 12.0. The Morgan fingerprint density at radius 2 is 2.00 bits per heavy atom. The summed E-state index contributed by atoms with van der Waals surface area (Å²) in [6, 6.07) is 8.27. The molecule has 0 radical (unpaired) electrons. The molecule has 1 aromatic rings. The van der Waals surface area contributed by atoms with Gasteiger partial charge in [-0.25, -0.2) is 4.79 Å². The highest BCUT2D eigenvalue weighted by Gasteiger charge is 2.23. The predicted octanol–water partition coefficient (Wildman–Crippen LogP) is 2.57. The van der Waals surface area contributed by atoms with Gasteiger partial charge >= 0.3 is 6.03 Å². The minimum absolute atomic E-state index is 0.0556. The van der Waals surface area contributed by atoms with Crippen LogP contribution in [0.25, 0.3) is 0 Å². The van der Waals surface area contributed by atoms with E-state index in [4.69, 9.17) is 4.74 Å². The predicted molar refractivity (Wildman–Crippen MR) is 79.6 cm³/mol. The van der Waals surface area contributed by atoms with Gasteiger partial charge in [-0.15, -0.1) is 0 Å². The quantitative estimate of drug-likeness (QED) is 0.902. The van der Waals surface area contributed by atoms with E-state index in [0.29, 0.717) is 13.2 Å². The van der Waals surface area contributed by atoms with Crippen LogP contribution in [-0.4, -0.2) is 36.2 Å². The SMILES string of the molecule is CN(CC1Cc2ccccc2CO1)C(=O)NC(C)(C)C. The Kier molecular flexibility index (Phi) is 4.33. The summed E-state index contributed by atoms with van der Waals surface area (Å²) in [7, 11) is 1.81. The minimum atomic E-state index is -0.217. The van der Waals surface area contributed by atoms with Crippen LogP contribution in [0.5, 0.6) is 0 Å². The molecule has 1 aromatic carbocycles. The Balaban J connectivity index is 1.90. The van der Waals surface area contributed by atoms with E-state index in [9.17, 15) is 4.79 Å². The molecule has 1 atom stereocenters. The average Bonchev–Trinajstić information content (AvgIpc) is 2.36. The van der Waals surface area contributed by atoms with Crippen LogP contribution in [0.15, 0.2) is 24.3 Å². The summed E-state index contributed by atoms with van der Waals surface area (Å²) >= 11 is 0. The van der Waals surface area contributed by atoms with E-state index >= 15 is 0 Å². The van der Waals surface area contributed by atoms with Crippen molar-refractivity contribution >= 4 is 6.03 Å². The van der Waals surface area contributed by atoms with Crippen molar-refractivity contribution in [3.63, 3.8) is 0 Å². The second-order valence-electron chi connectivity index (χ2n) is 6.47. The Morgan fingerprint density at radius 1 is 1.35 bits per heavy atom. The van der Waals surface area contributed by atoms with Gasteiger partial charge in [0.25, 0.3) is 0 Å². The van der Waals surface area contributed by atoms with Gasteiger partial charge in [0.2, 0.25) is 0 Å². The highest BCUT2D eigenvalue weighted by Crippen LogP contribution is 2.20. The molecule has 0 saturated heterocycles. The highest BCUT2D eigenvalue weighted by atomic mass is 16.5. The molecular weight excluding hydrogens is 252 g/mol. The standard InChI is InChI=1S/C16H24N2O2/c1-16(2,3)17-15(19)18(4)10-14-9-12-7-5-6-8-13(12)11-20-14/h5-8,14H,9-11H2,1-4H3,(H,17,19). The van der Waals surface area contributed by atoms with Crippen molar-refractivity contribution in [1.29, 1.82) is 0 Å². The molecule has 0 aliphatic carbocycles. The molecule has 4 nitrogen and oxygen atoms in total. The lowest BCUT2D eigenvalue weighted by Gasteiger charge is -2.31. The van der Waals surface area contributed by atoms with Crippen LogP contribution in [0.3, 0.4) is 0 Å². The van der Waals surface area contributed by atoms with Crippen molar-refractivity contribution in [2.45, 2.75) is 45.4 Å². The van der Waals surface area contributed by atoms with Gasteiger partial charge in [0.15, 0.2) is 0 Å². The Labute approximate surface area is 121 Å². The third kappa shape index (κ3) is 3.97. The molecule has 4 heteroatoms. The first kappa shape index (κ1) is 14.9. The molecule has 0 aromatic heterocycles. The molecule has 2 rings (SSSR count). The van der Waals surface area contributed by atoms with Crippen molar-refractivity contribution in [3.8, 4) is 0 Å². The lowest BCUT2D eigenvalue weighted by molar-refractivity contribution is 0.0147. The fraction of sp³-hybridized carbons (Fsp3) is 0.562. The number of amides is 2. The van der Waals surface area contributed by atoms with E-state index in [-0.39, 0.29) is 17.7 Å². The number of benzene rings is 1. The number of likely N-dealkylation sites (N-methyl/N-ethyl adjacent to an activating group) is 1. The highest BCUT2D eigenvalue weighted by molar-refractivity contribution is 5.74. The summed E-state index contributed by atoms with van der Waals surface area (Å²) in [6.45, 7) is 7.18. The molecular formula is C16H24N2O2. The van der Waals surface area contributed by atoms with Crippen molar-refractivity contribution in [3.05, 3.63) is 35.4 Å². The lowest BCUT2D eigenvalue weighted by atomic mass is 9.99. The summed E-state index contributed by atoms with van der Waals surface area (Å²) in [6.07, 6.45) is 0.934. The van der Waals surface area contributed by atoms with Gasteiger partial charge in [-0.05, 0) is 31.9 Å². The molecule has 2 amide bonds. The van der Waals surface area contributed by atoms with Crippen molar-refractivity contribution in [2.24, 2.45) is 0 Å². The molecule has 0 bridgehead atoms. The van der Waals surface area contributed by atoms with Gasteiger partial charge in [0.05, 0.1) is 12.7 Å². The maximum absolute atomic E-state index is 12.0. The van der Waals surface area contributed by atoms with Gasteiger partial charge in [-0.2, -0.15) is 0 Å². The molecule has 110 valence electrons. The van der Waals surface area contributed by atoms with E-state index in [1.807, 2.05) is 33.9 Å². The van der Waals surface area contributed by atoms with Gasteiger partial charge in [-0.3, -0.25) is 0 Å². The van der Waals surface area contributed by atoms with E-state index in [1.54, 1.807) is 4.90 Å². The van der Waals surface area contributed by atoms with Crippen LogP contribution in [0.4, 0.5) is 4.79 Å². The maximum Gasteiger partial charge on any atom is 0.317 e. The summed E-state index contributed by atoms with van der Waals surface area (Å²) < 4.78 is 5.83. The summed E-state index contributed by atoms with van der Waals surface area (Å²) in [5.41, 5.74) is 2.37. The fourth-order valence-corrected chi connectivity index (χ4v) is 2.33. The normalized spacial score (nSPS) is 18.3. The van der Waals surface area contributed by atoms with Crippen molar-refractivity contribution < 1.29 is 9.53 Å². The zero-order chi connectivity index (χ0) is 14.8. The Hall–Kier alpha value is -1.55. The van der Waals surface area contributed by atoms with Crippen LogP contribution >= 0.6 is 0 Å². The van der Waals surface area contributed by atoms with Crippen LogP contribution in [0.1, 0.15) is 31.9 Å². The number of rotatable bonds is 2. The molecule has 1 unspecified atom stereocenters. The molecule has 1 N–H and O–H groups in total. The van der Waals surface area contributed by atoms with Crippen LogP contribution in [0, 0.1) is 0 Å². The summed E-state index contributed by atoms with van der Waals surface area (Å²) in [4.78, 5) is 13.7. The molecule has 1 heterocycles. The zero-order valence-corrected chi connectivity index (χ0v) is 12.8. The number of urea groups is 1. The number of carbonyl (C=O) groups excluding carboxylic acids is 1. The average molecular weight is 276 g/mol. The van der Waals surface area contributed by atoms with E-state index in [2.05, 4.69) is 23.5 Å². The van der Waals surface area contributed by atoms with Crippen molar-refractivity contribution in [2.75, 3.05) is 13.6 Å². The topological polar surface area (TPSA) is 41.6 Å². The number of nitrogens with one attached hydrogen (secondary N) is 1. The summed E-state index contributed by atoms with van der Waals surface area (Å²) in [5, 5.41) is 2.96. The number of ether oxygens (including phenoxy) is 1. The third-order valence-electron chi connectivity index (χ3n) is 3.35. The smallest absolute Gasteiger partial charge is 0.317 e. The molecule has 0 saturated carbocycles. The number of carbonyl (C=O) groups is 1. The second-order valence-corrected chi connectivity index (χ2v) is 6.47. The van der Waals surface area contributed by atoms with Crippen molar-refractivity contribution in [1.82, 2.24) is 10.2 Å². The monoisotopic (exact) mass is 276 g/mol. The van der Waals surface area contributed by atoms with E-state index < -0.39 is 0 Å². The number of hydrogen-bond acceptors (Lipinski definition) is 2. The second kappa shape index (κ2) is 5.83. The number of fused-ring (bicyclic) bond motifs is 1. The van der Waals surface area contributed by atoms with E-state index in [1.165, 1.54) is 11.1 Å². The van der Waals surface area contributed by atoms with Crippen LogP contribution < -0.4 is 5.32 Å². The van der Waals surface area contributed by atoms with Gasteiger partial charge in [0, 0.05) is 25.6 Å². The van der Waals surface area contributed by atoms with Gasteiger partial charge in [0.1, 0.15) is 0 Å². The Morgan fingerprint density at radius 3 is 2.65 bits per heavy atom. The number of hydrogen-bond donors (Lipinski definition) is 1. The first-order chi connectivity index (χ1) is 9.35. The first-order valence-electron chi connectivity index (χ1n) is 7.07. The third-order valence-corrected chi connectivity index (χ3v) is 3.35. The molecule has 20 heavy (non-hydrogen) atoms. The van der Waals surface area contributed by atoms with Crippen LogP contribution in [0.2, 0.25) is 0 Å². The molecule has 1 aliphatic rings. The van der Waals surface area contributed by atoms with Gasteiger partial charge < -0.3 is 15.0 Å². The van der Waals surface area contributed by atoms with Gasteiger partial charge in [-0.1, -0.05) is 24.3 Å². The zero-order valence-electron chi connectivity index (χ0n) is 12.8. The Bertz CT molecular complexity index is 480. The minimum Gasteiger partial charge on any atom is -0.371 e. The van der Waals surface area contributed by atoms with E-state index in [0.717, 1.165) is 6.42 Å². The molecule has 1 aliphatic heterocycles. The fourth-order valence-electron chi connectivity index (χ4n) is 2.33. The summed E-state index contributed by atoms with van der Waals surface area (Å²) in [5.74, 6) is 0. The largest absolute Gasteiger partial charge is 0.371 e. The van der Waals surface area contributed by atoms with Crippen LogP contribution in [-0.2, 0) is 17.8 Å². The number of nitrogens with zero attached hydrogens (tertiary/aromatic N) is 1. The first-order valence-corrected chi connectivity index (χ1v) is 7.07.